The van der Waals surface area contributed by atoms with Gasteiger partial charge in [0.05, 0.1) is 0 Å². The lowest BCUT2D eigenvalue weighted by molar-refractivity contribution is 0.669. The Balaban J connectivity index is 1.48. The standard InChI is InChI=1S/C40H24O/c1-3-12-25(13-4-1)33-24-34-32(22-23-36-40(34)39-31(33)20-11-21-35(39)41-36)38-29-18-9-7-16-27(29)37(26-14-5-2-6-15-26)28-17-8-10-19-30(28)38/h1-24H. The molecule has 0 unspecified atom stereocenters. The van der Waals surface area contributed by atoms with Crippen LogP contribution < -0.4 is 0 Å². The van der Waals surface area contributed by atoms with Crippen LogP contribution in [0, 0.1) is 0 Å². The molecule has 0 atom stereocenters. The Bertz CT molecular complexity index is 2340. The van der Waals surface area contributed by atoms with Crippen molar-refractivity contribution in [2.24, 2.45) is 0 Å². The summed E-state index contributed by atoms with van der Waals surface area (Å²) >= 11 is 0. The van der Waals surface area contributed by atoms with Crippen LogP contribution in [0.3, 0.4) is 0 Å². The van der Waals surface area contributed by atoms with Gasteiger partial charge in [-0.2, -0.15) is 0 Å². The van der Waals surface area contributed by atoms with Crippen LogP contribution in [-0.2, 0) is 0 Å². The van der Waals surface area contributed by atoms with Crippen molar-refractivity contribution in [2.75, 3.05) is 0 Å². The van der Waals surface area contributed by atoms with Crippen LogP contribution in [0.4, 0.5) is 0 Å². The van der Waals surface area contributed by atoms with Gasteiger partial charge in [-0.25, -0.2) is 0 Å². The number of furan rings is 1. The third kappa shape index (κ3) is 3.18. The summed E-state index contributed by atoms with van der Waals surface area (Å²) in [6, 6.07) is 52.5. The second-order valence-corrected chi connectivity index (χ2v) is 10.8. The van der Waals surface area contributed by atoms with Crippen molar-refractivity contribution in [2.45, 2.75) is 0 Å². The largest absolute Gasteiger partial charge is 0.456 e. The van der Waals surface area contributed by atoms with Gasteiger partial charge >= 0.3 is 0 Å². The molecule has 0 N–H and O–H groups in total. The molecule has 1 aromatic heterocycles. The number of benzene rings is 8. The number of hydrogen-bond donors (Lipinski definition) is 0. The predicted octanol–water partition coefficient (Wildman–Crippen LogP) is 11.5. The van der Waals surface area contributed by atoms with Crippen molar-refractivity contribution in [1.82, 2.24) is 0 Å². The maximum Gasteiger partial charge on any atom is 0.136 e. The van der Waals surface area contributed by atoms with Gasteiger partial charge in [-0.15, -0.1) is 0 Å². The molecular weight excluding hydrogens is 496 g/mol. The first-order valence-electron chi connectivity index (χ1n) is 14.1. The van der Waals surface area contributed by atoms with E-state index in [9.17, 15) is 0 Å². The minimum atomic E-state index is 0.934. The minimum absolute atomic E-state index is 0.934. The highest BCUT2D eigenvalue weighted by molar-refractivity contribution is 6.30. The SMILES string of the molecule is c1ccc(-c2c3ccccc3c(-c3ccc4oc5cccc6c(-c7ccccc7)cc3c4c56)c3ccccc23)cc1. The predicted molar refractivity (Wildman–Crippen MR) is 174 cm³/mol. The lowest BCUT2D eigenvalue weighted by Gasteiger charge is -2.19. The highest BCUT2D eigenvalue weighted by Gasteiger charge is 2.22. The van der Waals surface area contributed by atoms with E-state index in [-0.39, 0.29) is 0 Å². The summed E-state index contributed by atoms with van der Waals surface area (Å²) in [5, 5.41) is 9.90. The van der Waals surface area contributed by atoms with Crippen molar-refractivity contribution in [3.63, 3.8) is 0 Å². The molecule has 0 fully saturated rings. The van der Waals surface area contributed by atoms with Crippen LogP contribution in [0.25, 0.3) is 87.6 Å². The molecule has 41 heavy (non-hydrogen) atoms. The van der Waals surface area contributed by atoms with E-state index < -0.39 is 0 Å². The first-order valence-corrected chi connectivity index (χ1v) is 14.1. The highest BCUT2D eigenvalue weighted by Crippen LogP contribution is 2.49. The molecule has 0 amide bonds. The number of fused-ring (bicyclic) bond motifs is 2. The number of hydrogen-bond acceptors (Lipinski definition) is 1. The molecule has 0 radical (unpaired) electrons. The molecule has 1 heterocycles. The molecular formula is C40H24O. The van der Waals surface area contributed by atoms with Gasteiger partial charge in [0.1, 0.15) is 11.2 Å². The first-order chi connectivity index (χ1) is 20.4. The maximum absolute atomic E-state index is 6.45. The third-order valence-electron chi connectivity index (χ3n) is 8.63. The summed E-state index contributed by atoms with van der Waals surface area (Å²) in [5.41, 5.74) is 9.33. The summed E-state index contributed by atoms with van der Waals surface area (Å²) < 4.78 is 6.45. The molecule has 9 rings (SSSR count). The van der Waals surface area contributed by atoms with Crippen molar-refractivity contribution in [3.05, 3.63) is 146 Å². The summed E-state index contributed by atoms with van der Waals surface area (Å²) in [6.07, 6.45) is 0. The van der Waals surface area contributed by atoms with Crippen molar-refractivity contribution < 1.29 is 4.42 Å². The second-order valence-electron chi connectivity index (χ2n) is 10.8. The summed E-state index contributed by atoms with van der Waals surface area (Å²) in [7, 11) is 0. The lowest BCUT2D eigenvalue weighted by Crippen LogP contribution is -1.92. The van der Waals surface area contributed by atoms with Gasteiger partial charge in [0.15, 0.2) is 0 Å². The van der Waals surface area contributed by atoms with Crippen molar-refractivity contribution in [1.29, 1.82) is 0 Å². The molecule has 0 saturated carbocycles. The lowest BCUT2D eigenvalue weighted by atomic mass is 9.83. The van der Waals surface area contributed by atoms with Crippen LogP contribution >= 0.6 is 0 Å². The Morgan fingerprint density at radius 2 is 0.829 bits per heavy atom. The van der Waals surface area contributed by atoms with Crippen LogP contribution in [0.2, 0.25) is 0 Å². The van der Waals surface area contributed by atoms with Gasteiger partial charge in [-0.05, 0) is 90.0 Å². The molecule has 0 aliphatic heterocycles. The van der Waals surface area contributed by atoms with E-state index in [1.165, 1.54) is 76.5 Å². The van der Waals surface area contributed by atoms with E-state index in [4.69, 9.17) is 4.42 Å². The van der Waals surface area contributed by atoms with E-state index >= 15 is 0 Å². The van der Waals surface area contributed by atoms with E-state index in [1.807, 2.05) is 0 Å². The average molecular weight is 521 g/mol. The zero-order valence-electron chi connectivity index (χ0n) is 22.3. The molecule has 0 aliphatic rings. The highest BCUT2D eigenvalue weighted by atomic mass is 16.3. The zero-order valence-corrected chi connectivity index (χ0v) is 22.3. The first kappa shape index (κ1) is 22.4. The van der Waals surface area contributed by atoms with Crippen molar-refractivity contribution in [3.8, 4) is 33.4 Å². The smallest absolute Gasteiger partial charge is 0.136 e. The molecule has 1 nitrogen and oxygen atoms in total. The van der Waals surface area contributed by atoms with Gasteiger partial charge in [0, 0.05) is 10.8 Å². The molecule has 0 saturated heterocycles. The Hall–Kier alpha value is -5.40. The molecule has 0 aliphatic carbocycles. The second kappa shape index (κ2) is 8.55. The van der Waals surface area contributed by atoms with E-state index in [0.717, 1.165) is 11.2 Å². The Kier molecular flexibility index (Phi) is 4.67. The summed E-state index contributed by atoms with van der Waals surface area (Å²) in [6.45, 7) is 0. The topological polar surface area (TPSA) is 13.1 Å². The molecule has 0 bridgehead atoms. The zero-order chi connectivity index (χ0) is 26.9. The van der Waals surface area contributed by atoms with E-state index in [1.54, 1.807) is 0 Å². The van der Waals surface area contributed by atoms with Crippen LogP contribution in [-0.4, -0.2) is 0 Å². The summed E-state index contributed by atoms with van der Waals surface area (Å²) in [4.78, 5) is 0. The Labute approximate surface area is 237 Å². The minimum Gasteiger partial charge on any atom is -0.456 e. The monoisotopic (exact) mass is 520 g/mol. The normalized spacial score (nSPS) is 11.9. The third-order valence-corrected chi connectivity index (χ3v) is 8.63. The van der Waals surface area contributed by atoms with Gasteiger partial charge in [-0.3, -0.25) is 0 Å². The molecule has 190 valence electrons. The Morgan fingerprint density at radius 3 is 1.49 bits per heavy atom. The Morgan fingerprint density at radius 1 is 0.317 bits per heavy atom. The average Bonchev–Trinajstić information content (AvgIpc) is 3.43. The fourth-order valence-corrected chi connectivity index (χ4v) is 6.94. The number of rotatable bonds is 3. The fourth-order valence-electron chi connectivity index (χ4n) is 6.94. The molecule has 8 aromatic carbocycles. The van der Waals surface area contributed by atoms with E-state index in [2.05, 4.69) is 146 Å². The molecule has 0 spiro atoms. The van der Waals surface area contributed by atoms with E-state index in [0.29, 0.717) is 0 Å². The molecule has 1 heteroatoms. The van der Waals surface area contributed by atoms with Crippen molar-refractivity contribution >= 4 is 54.3 Å². The molecule has 9 aromatic rings. The van der Waals surface area contributed by atoms with Crippen LogP contribution in [0.15, 0.2) is 150 Å². The van der Waals surface area contributed by atoms with Crippen LogP contribution in [0.5, 0.6) is 0 Å². The van der Waals surface area contributed by atoms with Crippen LogP contribution in [0.1, 0.15) is 0 Å². The summed E-state index contributed by atoms with van der Waals surface area (Å²) in [5.74, 6) is 0. The quantitative estimate of drug-likeness (QED) is 0.167. The van der Waals surface area contributed by atoms with Gasteiger partial charge in [-0.1, -0.05) is 121 Å². The van der Waals surface area contributed by atoms with Gasteiger partial charge in [0.25, 0.3) is 0 Å². The van der Waals surface area contributed by atoms with Gasteiger partial charge in [0.2, 0.25) is 0 Å². The van der Waals surface area contributed by atoms with Gasteiger partial charge < -0.3 is 4.42 Å². The fraction of sp³-hybridized carbons (Fsp3) is 0. The maximum atomic E-state index is 6.45.